The standard InChI is InChI=1S/C27H30F3N5O2S/c1-18-32-25-14-22(6-7-26(25)38-18)37-17-21(36)16-35-12-10-34(11-13-35)9-8-24-23(15-31-33-24)19-2-4-20(5-3-19)27(28,29)30/h2-7,14-15,21,36H,8-13,16-17H2,1H3,(H,31,33)/t21-/m1/s1. The third-order valence-electron chi connectivity index (χ3n) is 6.75. The van der Waals surface area contributed by atoms with E-state index in [1.54, 1.807) is 17.5 Å². The molecule has 7 nitrogen and oxygen atoms in total. The number of halogens is 3. The lowest BCUT2D eigenvalue weighted by Crippen LogP contribution is -2.49. The van der Waals surface area contributed by atoms with E-state index in [1.807, 2.05) is 25.1 Å². The second kappa shape index (κ2) is 11.4. The van der Waals surface area contributed by atoms with E-state index in [4.69, 9.17) is 4.74 Å². The van der Waals surface area contributed by atoms with Crippen LogP contribution in [0.4, 0.5) is 13.2 Å². The Kier molecular flexibility index (Phi) is 7.98. The first-order valence-corrected chi connectivity index (χ1v) is 13.4. The normalized spacial score (nSPS) is 16.2. The Bertz CT molecular complexity index is 1350. The summed E-state index contributed by atoms with van der Waals surface area (Å²) in [5.74, 6) is 0.709. The largest absolute Gasteiger partial charge is 0.491 e. The van der Waals surface area contributed by atoms with Gasteiger partial charge in [-0.1, -0.05) is 12.1 Å². The van der Waals surface area contributed by atoms with E-state index in [9.17, 15) is 18.3 Å². The number of nitrogens with one attached hydrogen (secondary N) is 1. The highest BCUT2D eigenvalue weighted by Crippen LogP contribution is 2.31. The summed E-state index contributed by atoms with van der Waals surface area (Å²) in [6.45, 7) is 6.97. The molecule has 3 heterocycles. The molecule has 1 aliphatic heterocycles. The number of aromatic amines is 1. The Morgan fingerprint density at radius 3 is 2.55 bits per heavy atom. The fraction of sp³-hybridized carbons (Fsp3) is 0.407. The highest BCUT2D eigenvalue weighted by Gasteiger charge is 2.30. The number of β-amino-alcohol motifs (C(OH)–C–C–N with tert-alkyl or cyclic N) is 1. The van der Waals surface area contributed by atoms with Crippen molar-refractivity contribution in [1.29, 1.82) is 0 Å². The van der Waals surface area contributed by atoms with E-state index in [1.165, 1.54) is 12.1 Å². The van der Waals surface area contributed by atoms with Crippen LogP contribution in [0.2, 0.25) is 0 Å². The zero-order valence-corrected chi connectivity index (χ0v) is 21.9. The zero-order valence-electron chi connectivity index (χ0n) is 21.0. The molecular weight excluding hydrogens is 515 g/mol. The number of hydrogen-bond donors (Lipinski definition) is 2. The Balaban J connectivity index is 1.05. The van der Waals surface area contributed by atoms with Gasteiger partial charge in [0.05, 0.1) is 26.5 Å². The van der Waals surface area contributed by atoms with Gasteiger partial charge in [0.2, 0.25) is 0 Å². The van der Waals surface area contributed by atoms with Crippen LogP contribution in [0, 0.1) is 6.92 Å². The number of hydrogen-bond acceptors (Lipinski definition) is 7. The van der Waals surface area contributed by atoms with Gasteiger partial charge in [0.25, 0.3) is 0 Å². The van der Waals surface area contributed by atoms with Gasteiger partial charge in [0, 0.05) is 63.5 Å². The topological polar surface area (TPSA) is 77.5 Å². The molecule has 202 valence electrons. The van der Waals surface area contributed by atoms with E-state index in [0.29, 0.717) is 24.3 Å². The summed E-state index contributed by atoms with van der Waals surface area (Å²) in [5.41, 5.74) is 2.63. The molecule has 0 radical (unpaired) electrons. The van der Waals surface area contributed by atoms with Gasteiger partial charge >= 0.3 is 6.18 Å². The highest BCUT2D eigenvalue weighted by atomic mass is 32.1. The maximum Gasteiger partial charge on any atom is 0.416 e. The lowest BCUT2D eigenvalue weighted by molar-refractivity contribution is -0.137. The van der Waals surface area contributed by atoms with Crippen molar-refractivity contribution in [3.63, 3.8) is 0 Å². The lowest BCUT2D eigenvalue weighted by atomic mass is 10.0. The first-order valence-electron chi connectivity index (χ1n) is 12.6. The van der Waals surface area contributed by atoms with Crippen LogP contribution in [0.25, 0.3) is 21.3 Å². The molecule has 0 unspecified atom stereocenters. The number of H-pyrrole nitrogens is 1. The molecular formula is C27H30F3N5O2S. The molecule has 0 spiro atoms. The maximum atomic E-state index is 12.9. The molecule has 2 aromatic carbocycles. The average Bonchev–Trinajstić information content (AvgIpc) is 3.52. The van der Waals surface area contributed by atoms with Gasteiger partial charge < -0.3 is 14.7 Å². The van der Waals surface area contributed by atoms with Crippen LogP contribution in [0.5, 0.6) is 5.75 Å². The Morgan fingerprint density at radius 2 is 1.82 bits per heavy atom. The monoisotopic (exact) mass is 545 g/mol. The number of aryl methyl sites for hydroxylation is 1. The summed E-state index contributed by atoms with van der Waals surface area (Å²) in [6.07, 6.45) is -2.52. The third kappa shape index (κ3) is 6.52. The van der Waals surface area contributed by atoms with Gasteiger partial charge in [0.15, 0.2) is 0 Å². The first kappa shape index (κ1) is 26.6. The van der Waals surface area contributed by atoms with Crippen molar-refractivity contribution in [1.82, 2.24) is 25.0 Å². The second-order valence-electron chi connectivity index (χ2n) is 9.54. The van der Waals surface area contributed by atoms with Crippen molar-refractivity contribution in [2.75, 3.05) is 45.9 Å². The van der Waals surface area contributed by atoms with Crippen LogP contribution in [0.15, 0.2) is 48.7 Å². The first-order chi connectivity index (χ1) is 18.2. The Hall–Kier alpha value is -2.99. The number of nitrogens with zero attached hydrogens (tertiary/aromatic N) is 4. The van der Waals surface area contributed by atoms with Crippen LogP contribution < -0.4 is 4.74 Å². The fourth-order valence-corrected chi connectivity index (χ4v) is 5.52. The quantitative estimate of drug-likeness (QED) is 0.320. The van der Waals surface area contributed by atoms with Crippen LogP contribution in [0.3, 0.4) is 0 Å². The molecule has 38 heavy (non-hydrogen) atoms. The summed E-state index contributed by atoms with van der Waals surface area (Å²) >= 11 is 1.65. The van der Waals surface area contributed by atoms with Gasteiger partial charge in [-0.2, -0.15) is 18.3 Å². The van der Waals surface area contributed by atoms with Crippen molar-refractivity contribution in [3.05, 3.63) is 64.9 Å². The smallest absolute Gasteiger partial charge is 0.416 e. The van der Waals surface area contributed by atoms with Crippen molar-refractivity contribution in [3.8, 4) is 16.9 Å². The van der Waals surface area contributed by atoms with Crippen molar-refractivity contribution in [2.24, 2.45) is 0 Å². The van der Waals surface area contributed by atoms with E-state index in [0.717, 1.165) is 71.3 Å². The van der Waals surface area contributed by atoms with E-state index >= 15 is 0 Å². The minimum Gasteiger partial charge on any atom is -0.491 e. The molecule has 2 aromatic heterocycles. The number of fused-ring (bicyclic) bond motifs is 1. The van der Waals surface area contributed by atoms with Crippen LogP contribution in [0.1, 0.15) is 16.3 Å². The number of benzene rings is 2. The summed E-state index contributed by atoms with van der Waals surface area (Å²) < 4.78 is 45.5. The molecule has 1 aliphatic rings. The molecule has 0 bridgehead atoms. The van der Waals surface area contributed by atoms with Gasteiger partial charge in [0.1, 0.15) is 18.5 Å². The number of ether oxygens (including phenoxy) is 1. The lowest BCUT2D eigenvalue weighted by Gasteiger charge is -2.35. The molecule has 2 N–H and O–H groups in total. The van der Waals surface area contributed by atoms with Crippen LogP contribution in [-0.2, 0) is 12.6 Å². The van der Waals surface area contributed by atoms with Gasteiger partial charge in [-0.15, -0.1) is 11.3 Å². The van der Waals surface area contributed by atoms with E-state index in [-0.39, 0.29) is 6.61 Å². The average molecular weight is 546 g/mol. The summed E-state index contributed by atoms with van der Waals surface area (Å²) in [7, 11) is 0. The molecule has 0 aliphatic carbocycles. The summed E-state index contributed by atoms with van der Waals surface area (Å²) in [6, 6.07) is 11.0. The minimum absolute atomic E-state index is 0.223. The minimum atomic E-state index is -4.35. The van der Waals surface area contributed by atoms with E-state index in [2.05, 4.69) is 25.0 Å². The van der Waals surface area contributed by atoms with Crippen molar-refractivity contribution < 1.29 is 23.0 Å². The predicted octanol–water partition coefficient (Wildman–Crippen LogP) is 4.61. The summed E-state index contributed by atoms with van der Waals surface area (Å²) in [5, 5.41) is 18.7. The van der Waals surface area contributed by atoms with Gasteiger partial charge in [-0.3, -0.25) is 10.00 Å². The SMILES string of the molecule is Cc1nc2cc(OC[C@H](O)CN3CCN(CCc4n[nH]cc4-c4ccc(C(F)(F)F)cc4)CC3)ccc2s1. The fourth-order valence-electron chi connectivity index (χ4n) is 4.71. The van der Waals surface area contributed by atoms with Crippen LogP contribution >= 0.6 is 11.3 Å². The summed E-state index contributed by atoms with van der Waals surface area (Å²) in [4.78, 5) is 9.06. The molecule has 11 heteroatoms. The van der Waals surface area contributed by atoms with Crippen LogP contribution in [-0.4, -0.2) is 82.1 Å². The molecule has 1 saturated heterocycles. The maximum absolute atomic E-state index is 12.9. The van der Waals surface area contributed by atoms with Gasteiger partial charge in [-0.05, 0) is 36.8 Å². The molecule has 5 rings (SSSR count). The number of aliphatic hydroxyl groups excluding tert-OH is 1. The van der Waals surface area contributed by atoms with Crippen molar-refractivity contribution in [2.45, 2.75) is 25.6 Å². The molecule has 0 saturated carbocycles. The third-order valence-corrected chi connectivity index (χ3v) is 7.70. The number of alkyl halides is 3. The predicted molar refractivity (Wildman–Crippen MR) is 141 cm³/mol. The number of piperazine rings is 1. The molecule has 0 amide bonds. The zero-order chi connectivity index (χ0) is 26.7. The van der Waals surface area contributed by atoms with E-state index < -0.39 is 17.8 Å². The molecule has 1 atom stereocenters. The number of aliphatic hydroxyl groups is 1. The molecule has 1 fully saturated rings. The number of rotatable bonds is 9. The number of aromatic nitrogens is 3. The highest BCUT2D eigenvalue weighted by molar-refractivity contribution is 7.18. The van der Waals surface area contributed by atoms with Crippen molar-refractivity contribution >= 4 is 21.6 Å². The second-order valence-corrected chi connectivity index (χ2v) is 10.8. The Morgan fingerprint density at radius 1 is 1.08 bits per heavy atom. The van der Waals surface area contributed by atoms with Gasteiger partial charge in [-0.25, -0.2) is 4.98 Å². The Labute approximate surface area is 222 Å². The number of thiazole rings is 1. The molecule has 4 aromatic rings.